The molecule has 11 heteroatoms. The Morgan fingerprint density at radius 2 is 2.00 bits per heavy atom. The molecular formula is C26H32N8O3. The first-order valence-electron chi connectivity index (χ1n) is 12.4. The molecule has 0 aliphatic rings. The van der Waals surface area contributed by atoms with E-state index in [1.807, 2.05) is 30.3 Å². The van der Waals surface area contributed by atoms with Crippen LogP contribution in [0.4, 0.5) is 0 Å². The first-order valence-corrected chi connectivity index (χ1v) is 12.4. The number of unbranched alkanes of at least 4 members (excludes halogenated alkanes) is 2. The van der Waals surface area contributed by atoms with E-state index in [-0.39, 0.29) is 24.3 Å². The third kappa shape index (κ3) is 6.90. The van der Waals surface area contributed by atoms with Gasteiger partial charge in [0.1, 0.15) is 18.5 Å². The zero-order chi connectivity index (χ0) is 26.0. The molecule has 3 N–H and O–H groups in total. The first-order chi connectivity index (χ1) is 18.1. The largest absolute Gasteiger partial charge is 0.480 e. The Kier molecular flexibility index (Phi) is 8.79. The standard InChI is InChI=1S/C26H32N8O3/c1-27-23(35)11-5-3-4-10-21(31-24(36)12-13-34-17-28-16-30-34)25-29-15-22(32-25)19-14-18-8-6-7-9-20(18)33-26(19)37-2/h6-9,14-17,21H,3-5,10-13H2,1-2H3,(H,27,35)(H,29,32)(H,31,36). The van der Waals surface area contributed by atoms with E-state index in [0.717, 1.165) is 41.4 Å². The summed E-state index contributed by atoms with van der Waals surface area (Å²) in [7, 11) is 3.23. The zero-order valence-corrected chi connectivity index (χ0v) is 21.1. The number of H-pyrrole nitrogens is 1. The van der Waals surface area contributed by atoms with E-state index in [1.165, 1.54) is 6.33 Å². The minimum Gasteiger partial charge on any atom is -0.480 e. The SMILES string of the molecule is CNC(=O)CCCCCC(NC(=O)CCn1cncn1)c1ncc(-c2cc3ccccc3nc2OC)[nH]1. The number of nitrogens with one attached hydrogen (secondary N) is 3. The van der Waals surface area contributed by atoms with Gasteiger partial charge in [-0.25, -0.2) is 15.0 Å². The predicted molar refractivity (Wildman–Crippen MR) is 139 cm³/mol. The van der Waals surface area contributed by atoms with Gasteiger partial charge in [-0.05, 0) is 25.0 Å². The van der Waals surface area contributed by atoms with Gasteiger partial charge in [0.2, 0.25) is 17.7 Å². The van der Waals surface area contributed by atoms with Gasteiger partial charge in [-0.1, -0.05) is 31.0 Å². The van der Waals surface area contributed by atoms with Crippen molar-refractivity contribution < 1.29 is 14.3 Å². The Labute approximate surface area is 215 Å². The van der Waals surface area contributed by atoms with Gasteiger partial charge >= 0.3 is 0 Å². The van der Waals surface area contributed by atoms with Gasteiger partial charge in [0.15, 0.2) is 0 Å². The van der Waals surface area contributed by atoms with Crippen molar-refractivity contribution in [2.45, 2.75) is 51.1 Å². The van der Waals surface area contributed by atoms with Crippen LogP contribution in [0.1, 0.15) is 50.4 Å². The van der Waals surface area contributed by atoms with Crippen LogP contribution in [0.25, 0.3) is 22.2 Å². The fourth-order valence-corrected chi connectivity index (χ4v) is 4.14. The maximum absolute atomic E-state index is 12.8. The van der Waals surface area contributed by atoms with Gasteiger partial charge < -0.3 is 20.4 Å². The maximum atomic E-state index is 12.8. The highest BCUT2D eigenvalue weighted by atomic mass is 16.5. The molecule has 0 saturated carbocycles. The molecule has 0 fully saturated rings. The molecular weight excluding hydrogens is 472 g/mol. The summed E-state index contributed by atoms with van der Waals surface area (Å²) in [5, 5.41) is 10.8. The maximum Gasteiger partial charge on any atom is 0.223 e. The average molecular weight is 505 g/mol. The Morgan fingerprint density at radius 3 is 2.78 bits per heavy atom. The number of aromatic amines is 1. The number of hydrogen-bond donors (Lipinski definition) is 3. The van der Waals surface area contributed by atoms with Crippen molar-refractivity contribution in [3.63, 3.8) is 0 Å². The molecule has 11 nitrogen and oxygen atoms in total. The van der Waals surface area contributed by atoms with Gasteiger partial charge in [-0.2, -0.15) is 5.10 Å². The number of rotatable bonds is 13. The van der Waals surface area contributed by atoms with Crippen LogP contribution in [0, 0.1) is 0 Å². The van der Waals surface area contributed by atoms with Crippen molar-refractivity contribution in [2.24, 2.45) is 0 Å². The molecule has 4 rings (SSSR count). The third-order valence-corrected chi connectivity index (χ3v) is 6.14. The van der Waals surface area contributed by atoms with Crippen LogP contribution < -0.4 is 15.4 Å². The molecule has 3 aromatic heterocycles. The summed E-state index contributed by atoms with van der Waals surface area (Å²) in [4.78, 5) is 40.8. The highest BCUT2D eigenvalue weighted by Gasteiger charge is 2.20. The van der Waals surface area contributed by atoms with Crippen LogP contribution >= 0.6 is 0 Å². The van der Waals surface area contributed by atoms with Crippen LogP contribution in [0.3, 0.4) is 0 Å². The number of aromatic nitrogens is 6. The lowest BCUT2D eigenvalue weighted by molar-refractivity contribution is -0.122. The van der Waals surface area contributed by atoms with Gasteiger partial charge in [0.05, 0.1) is 42.7 Å². The molecule has 0 bridgehead atoms. The molecule has 0 radical (unpaired) electrons. The molecule has 3 heterocycles. The number of carbonyl (C=O) groups is 2. The van der Waals surface area contributed by atoms with Gasteiger partial charge in [-0.15, -0.1) is 0 Å². The van der Waals surface area contributed by atoms with E-state index < -0.39 is 0 Å². The highest BCUT2D eigenvalue weighted by Crippen LogP contribution is 2.31. The number of pyridine rings is 1. The molecule has 194 valence electrons. The van der Waals surface area contributed by atoms with Gasteiger partial charge in [0.25, 0.3) is 0 Å². The summed E-state index contributed by atoms with van der Waals surface area (Å²) in [5.41, 5.74) is 2.39. The van der Waals surface area contributed by atoms with Crippen LogP contribution in [0.2, 0.25) is 0 Å². The van der Waals surface area contributed by atoms with Crippen LogP contribution in [0.15, 0.2) is 49.2 Å². The first kappa shape index (κ1) is 25.8. The van der Waals surface area contributed by atoms with Crippen molar-refractivity contribution in [2.75, 3.05) is 14.2 Å². The molecule has 1 atom stereocenters. The third-order valence-electron chi connectivity index (χ3n) is 6.14. The minimum atomic E-state index is -0.309. The second-order valence-corrected chi connectivity index (χ2v) is 8.72. The van der Waals surface area contributed by atoms with Crippen LogP contribution in [0.5, 0.6) is 5.88 Å². The molecule has 0 aliphatic carbocycles. The number of ether oxygens (including phenoxy) is 1. The predicted octanol–water partition coefficient (Wildman–Crippen LogP) is 3.17. The van der Waals surface area contributed by atoms with E-state index in [2.05, 4.69) is 35.7 Å². The zero-order valence-electron chi connectivity index (χ0n) is 21.1. The Hall–Kier alpha value is -4.28. The number of nitrogens with zero attached hydrogens (tertiary/aromatic N) is 5. The lowest BCUT2D eigenvalue weighted by atomic mass is 10.1. The normalized spacial score (nSPS) is 11.8. The second kappa shape index (κ2) is 12.6. The number of carbonyl (C=O) groups excluding carboxylic acids is 2. The lowest BCUT2D eigenvalue weighted by Gasteiger charge is -2.17. The van der Waals surface area contributed by atoms with Gasteiger partial charge in [-0.3, -0.25) is 14.3 Å². The van der Waals surface area contributed by atoms with Crippen molar-refractivity contribution >= 4 is 22.7 Å². The van der Waals surface area contributed by atoms with E-state index in [0.29, 0.717) is 31.1 Å². The molecule has 1 aromatic carbocycles. The summed E-state index contributed by atoms with van der Waals surface area (Å²) < 4.78 is 7.18. The van der Waals surface area contributed by atoms with E-state index in [9.17, 15) is 9.59 Å². The summed E-state index contributed by atoms with van der Waals surface area (Å²) >= 11 is 0. The molecule has 37 heavy (non-hydrogen) atoms. The molecule has 2 amide bonds. The monoisotopic (exact) mass is 504 g/mol. The fourth-order valence-electron chi connectivity index (χ4n) is 4.14. The van der Waals surface area contributed by atoms with Crippen molar-refractivity contribution in [3.8, 4) is 17.1 Å². The number of methoxy groups -OCH3 is 1. The van der Waals surface area contributed by atoms with Crippen molar-refractivity contribution in [3.05, 3.63) is 55.0 Å². The topological polar surface area (TPSA) is 140 Å². The van der Waals surface area contributed by atoms with E-state index in [4.69, 9.17) is 4.74 Å². The quantitative estimate of drug-likeness (QED) is 0.238. The number of hydrogen-bond acceptors (Lipinski definition) is 7. The minimum absolute atomic E-state index is 0.0339. The fraction of sp³-hybridized carbons (Fsp3) is 0.385. The number of aryl methyl sites for hydroxylation is 1. The Bertz CT molecular complexity index is 1320. The average Bonchev–Trinajstić information content (AvgIpc) is 3.63. The Morgan fingerprint density at radius 1 is 1.14 bits per heavy atom. The van der Waals surface area contributed by atoms with Crippen LogP contribution in [-0.4, -0.2) is 55.7 Å². The summed E-state index contributed by atoms with van der Waals surface area (Å²) in [6, 6.07) is 9.55. The smallest absolute Gasteiger partial charge is 0.223 e. The summed E-state index contributed by atoms with van der Waals surface area (Å²) in [6.45, 7) is 0.439. The number of amides is 2. The molecule has 1 unspecified atom stereocenters. The number of benzene rings is 1. The lowest BCUT2D eigenvalue weighted by Crippen LogP contribution is -2.30. The second-order valence-electron chi connectivity index (χ2n) is 8.72. The van der Waals surface area contributed by atoms with Crippen molar-refractivity contribution in [1.29, 1.82) is 0 Å². The van der Waals surface area contributed by atoms with Gasteiger partial charge in [0, 0.05) is 25.3 Å². The summed E-state index contributed by atoms with van der Waals surface area (Å²) in [5.74, 6) is 1.09. The van der Waals surface area contributed by atoms with Crippen LogP contribution in [-0.2, 0) is 16.1 Å². The van der Waals surface area contributed by atoms with E-state index in [1.54, 1.807) is 31.4 Å². The summed E-state index contributed by atoms with van der Waals surface area (Å²) in [6.07, 6.45) is 8.71. The molecule has 0 saturated heterocycles. The molecule has 4 aromatic rings. The number of fused-ring (bicyclic) bond motifs is 1. The number of imidazole rings is 1. The molecule has 0 aliphatic heterocycles. The number of para-hydroxylation sites is 1. The van der Waals surface area contributed by atoms with Crippen molar-refractivity contribution in [1.82, 2.24) is 40.3 Å². The Balaban J connectivity index is 1.49. The molecule has 0 spiro atoms. The highest BCUT2D eigenvalue weighted by molar-refractivity contribution is 5.85. The van der Waals surface area contributed by atoms with E-state index >= 15 is 0 Å².